The number of hydrogen-bond acceptors (Lipinski definition) is 2. The summed E-state index contributed by atoms with van der Waals surface area (Å²) in [6.45, 7) is 0.885. The highest BCUT2D eigenvalue weighted by Crippen LogP contribution is 2.25. The van der Waals surface area contributed by atoms with Crippen LogP contribution in [0.15, 0.2) is 30.3 Å². The molecule has 1 aromatic carbocycles. The largest absolute Gasteiger partial charge is 0.484 e. The molecule has 1 aliphatic carbocycles. The highest BCUT2D eigenvalue weighted by atomic mass is 16.5. The van der Waals surface area contributed by atoms with Gasteiger partial charge in [0, 0.05) is 6.54 Å². The minimum Gasteiger partial charge on any atom is -0.484 e. The highest BCUT2D eigenvalue weighted by Gasteiger charge is 2.13. The van der Waals surface area contributed by atoms with Crippen molar-refractivity contribution in [2.24, 2.45) is 5.92 Å². The number of amides is 1. The molecule has 3 heteroatoms. The fourth-order valence-corrected chi connectivity index (χ4v) is 2.61. The van der Waals surface area contributed by atoms with Crippen molar-refractivity contribution >= 4 is 5.91 Å². The van der Waals surface area contributed by atoms with Gasteiger partial charge in [0.25, 0.3) is 5.91 Å². The van der Waals surface area contributed by atoms with E-state index >= 15 is 0 Å². The molecule has 1 aliphatic rings. The van der Waals surface area contributed by atoms with E-state index in [0.29, 0.717) is 0 Å². The van der Waals surface area contributed by atoms with Crippen molar-refractivity contribution in [1.29, 1.82) is 0 Å². The first-order chi connectivity index (χ1) is 9.34. The van der Waals surface area contributed by atoms with Gasteiger partial charge in [0.1, 0.15) is 5.75 Å². The Hall–Kier alpha value is -1.51. The van der Waals surface area contributed by atoms with Gasteiger partial charge in [-0.05, 0) is 24.5 Å². The Morgan fingerprint density at radius 3 is 2.63 bits per heavy atom. The van der Waals surface area contributed by atoms with E-state index in [-0.39, 0.29) is 12.5 Å². The number of hydrogen-bond donors (Lipinski definition) is 1. The van der Waals surface area contributed by atoms with Gasteiger partial charge in [-0.15, -0.1) is 0 Å². The van der Waals surface area contributed by atoms with Crippen molar-refractivity contribution in [2.45, 2.75) is 38.5 Å². The highest BCUT2D eigenvalue weighted by molar-refractivity contribution is 5.77. The van der Waals surface area contributed by atoms with Crippen LogP contribution in [0.2, 0.25) is 0 Å². The van der Waals surface area contributed by atoms with Gasteiger partial charge in [-0.25, -0.2) is 0 Å². The number of carbonyl (C=O) groups is 1. The van der Waals surface area contributed by atoms with Gasteiger partial charge in [0.2, 0.25) is 0 Å². The standard InChI is InChI=1S/C16H23NO2/c18-16(13-19-15-9-5-2-6-10-15)17-12-11-14-7-3-1-4-8-14/h2,5-6,9-10,14H,1,3-4,7-8,11-13H2,(H,17,18). The van der Waals surface area contributed by atoms with Crippen LogP contribution in [0.4, 0.5) is 0 Å². The fourth-order valence-electron chi connectivity index (χ4n) is 2.61. The van der Waals surface area contributed by atoms with Crippen LogP contribution in [0.25, 0.3) is 0 Å². The summed E-state index contributed by atoms with van der Waals surface area (Å²) in [4.78, 5) is 11.6. The van der Waals surface area contributed by atoms with Gasteiger partial charge in [-0.2, -0.15) is 0 Å². The van der Waals surface area contributed by atoms with Gasteiger partial charge in [-0.1, -0.05) is 50.3 Å². The predicted octanol–water partition coefficient (Wildman–Crippen LogP) is 3.15. The second kappa shape index (κ2) is 7.82. The van der Waals surface area contributed by atoms with Gasteiger partial charge in [0.15, 0.2) is 6.61 Å². The maximum absolute atomic E-state index is 11.6. The third-order valence-corrected chi connectivity index (χ3v) is 3.71. The maximum atomic E-state index is 11.6. The molecule has 0 spiro atoms. The lowest BCUT2D eigenvalue weighted by molar-refractivity contribution is -0.123. The molecule has 0 heterocycles. The molecule has 0 aliphatic heterocycles. The molecular formula is C16H23NO2. The Labute approximate surface area is 115 Å². The zero-order valence-corrected chi connectivity index (χ0v) is 11.4. The summed E-state index contributed by atoms with van der Waals surface area (Å²) < 4.78 is 5.40. The predicted molar refractivity (Wildman–Crippen MR) is 76.1 cm³/mol. The molecule has 0 aromatic heterocycles. The molecule has 1 fully saturated rings. The zero-order valence-electron chi connectivity index (χ0n) is 11.4. The minimum absolute atomic E-state index is 0.0281. The van der Waals surface area contributed by atoms with Gasteiger partial charge in [0.05, 0.1) is 0 Å². The summed E-state index contributed by atoms with van der Waals surface area (Å²) in [7, 11) is 0. The first-order valence-corrected chi connectivity index (χ1v) is 7.29. The molecule has 104 valence electrons. The lowest BCUT2D eigenvalue weighted by Crippen LogP contribution is -2.30. The van der Waals surface area contributed by atoms with Crippen molar-refractivity contribution < 1.29 is 9.53 Å². The zero-order chi connectivity index (χ0) is 13.3. The van der Waals surface area contributed by atoms with Crippen molar-refractivity contribution in [1.82, 2.24) is 5.32 Å². The van der Waals surface area contributed by atoms with Crippen LogP contribution >= 0.6 is 0 Å². The number of ether oxygens (including phenoxy) is 1. The Kier molecular flexibility index (Phi) is 5.73. The summed E-state index contributed by atoms with van der Waals surface area (Å²) in [6.07, 6.45) is 7.86. The maximum Gasteiger partial charge on any atom is 0.257 e. The molecule has 19 heavy (non-hydrogen) atoms. The van der Waals surface area contributed by atoms with E-state index in [0.717, 1.165) is 24.6 Å². The SMILES string of the molecule is O=C(COc1ccccc1)NCCC1CCCCC1. The molecule has 1 N–H and O–H groups in total. The van der Waals surface area contributed by atoms with Gasteiger partial charge >= 0.3 is 0 Å². The van der Waals surface area contributed by atoms with Crippen molar-refractivity contribution in [2.75, 3.05) is 13.2 Å². The van der Waals surface area contributed by atoms with Crippen LogP contribution in [0, 0.1) is 5.92 Å². The average molecular weight is 261 g/mol. The van der Waals surface area contributed by atoms with Crippen molar-refractivity contribution in [3.63, 3.8) is 0 Å². The number of nitrogens with one attached hydrogen (secondary N) is 1. The van der Waals surface area contributed by atoms with Crippen molar-refractivity contribution in [3.8, 4) is 5.75 Å². The smallest absolute Gasteiger partial charge is 0.257 e. The normalized spacial score (nSPS) is 16.0. The molecule has 0 unspecified atom stereocenters. The number of carbonyl (C=O) groups excluding carboxylic acids is 1. The first kappa shape index (κ1) is 13.9. The summed E-state index contributed by atoms with van der Waals surface area (Å²) >= 11 is 0. The second-order valence-corrected chi connectivity index (χ2v) is 5.24. The molecule has 0 radical (unpaired) electrons. The van der Waals surface area contributed by atoms with E-state index in [4.69, 9.17) is 4.74 Å². The van der Waals surface area contributed by atoms with Crippen LogP contribution in [0.3, 0.4) is 0 Å². The van der Waals surface area contributed by atoms with Crippen LogP contribution in [0.5, 0.6) is 5.75 Å². The summed E-state index contributed by atoms with van der Waals surface area (Å²) in [6, 6.07) is 9.44. The molecule has 1 aromatic rings. The molecule has 0 saturated heterocycles. The topological polar surface area (TPSA) is 38.3 Å². The lowest BCUT2D eigenvalue weighted by atomic mass is 9.87. The molecule has 3 nitrogen and oxygen atoms in total. The minimum atomic E-state index is -0.0281. The number of rotatable bonds is 6. The Morgan fingerprint density at radius 1 is 1.16 bits per heavy atom. The third kappa shape index (κ3) is 5.33. The van der Waals surface area contributed by atoms with E-state index in [1.807, 2.05) is 30.3 Å². The van der Waals surface area contributed by atoms with E-state index in [1.54, 1.807) is 0 Å². The second-order valence-electron chi connectivity index (χ2n) is 5.24. The van der Waals surface area contributed by atoms with E-state index in [1.165, 1.54) is 32.1 Å². The van der Waals surface area contributed by atoms with E-state index < -0.39 is 0 Å². The lowest BCUT2D eigenvalue weighted by Gasteiger charge is -2.21. The van der Waals surface area contributed by atoms with Crippen LogP contribution < -0.4 is 10.1 Å². The number of benzene rings is 1. The average Bonchev–Trinajstić information content (AvgIpc) is 2.47. The molecule has 0 atom stereocenters. The summed E-state index contributed by atoms with van der Waals surface area (Å²) in [5.74, 6) is 1.52. The van der Waals surface area contributed by atoms with Crippen LogP contribution in [-0.4, -0.2) is 19.1 Å². The Morgan fingerprint density at radius 2 is 1.89 bits per heavy atom. The molecule has 2 rings (SSSR count). The van der Waals surface area contributed by atoms with E-state index in [9.17, 15) is 4.79 Å². The monoisotopic (exact) mass is 261 g/mol. The van der Waals surface area contributed by atoms with Crippen molar-refractivity contribution in [3.05, 3.63) is 30.3 Å². The fraction of sp³-hybridized carbons (Fsp3) is 0.562. The van der Waals surface area contributed by atoms with Gasteiger partial charge < -0.3 is 10.1 Å². The first-order valence-electron chi connectivity index (χ1n) is 7.29. The molecule has 1 amide bonds. The Bertz CT molecular complexity index is 372. The summed E-state index contributed by atoms with van der Waals surface area (Å²) in [5.41, 5.74) is 0. The molecular weight excluding hydrogens is 238 g/mol. The van der Waals surface area contributed by atoms with Crippen LogP contribution in [-0.2, 0) is 4.79 Å². The van der Waals surface area contributed by atoms with Crippen LogP contribution in [0.1, 0.15) is 38.5 Å². The Balaban J connectivity index is 1.57. The molecule has 1 saturated carbocycles. The van der Waals surface area contributed by atoms with E-state index in [2.05, 4.69) is 5.32 Å². The third-order valence-electron chi connectivity index (χ3n) is 3.71. The summed E-state index contributed by atoms with van der Waals surface area (Å²) in [5, 5.41) is 2.94. The number of para-hydroxylation sites is 1. The van der Waals surface area contributed by atoms with Gasteiger partial charge in [-0.3, -0.25) is 4.79 Å². The quantitative estimate of drug-likeness (QED) is 0.854. The molecule has 0 bridgehead atoms.